The van der Waals surface area contributed by atoms with E-state index in [0.717, 1.165) is 30.0 Å². The molecule has 0 saturated carbocycles. The average Bonchev–Trinajstić information content (AvgIpc) is 2.83. The fourth-order valence-electron chi connectivity index (χ4n) is 3.24. The lowest BCUT2D eigenvalue weighted by molar-refractivity contribution is 0.0263. The number of halogens is 2. The number of carbonyl (C=O) groups excluding carboxylic acids is 1. The van der Waals surface area contributed by atoms with Gasteiger partial charge in [0.05, 0.1) is 15.7 Å². The van der Waals surface area contributed by atoms with Crippen LogP contribution in [0.2, 0.25) is 10.0 Å². The summed E-state index contributed by atoms with van der Waals surface area (Å²) in [5, 5.41) is 5.63. The lowest BCUT2D eigenvalue weighted by Crippen LogP contribution is -2.39. The van der Waals surface area contributed by atoms with E-state index in [1.807, 2.05) is 50.7 Å². The van der Waals surface area contributed by atoms with E-state index in [1.54, 1.807) is 11.0 Å². The number of anilines is 1. The van der Waals surface area contributed by atoms with Crippen LogP contribution in [0.4, 0.5) is 10.6 Å². The Kier molecular flexibility index (Phi) is 6.10. The highest BCUT2D eigenvalue weighted by Crippen LogP contribution is 2.34. The van der Waals surface area contributed by atoms with E-state index < -0.39 is 5.60 Å². The fourth-order valence-corrected chi connectivity index (χ4v) is 3.64. The zero-order valence-corrected chi connectivity index (χ0v) is 18.2. The van der Waals surface area contributed by atoms with Crippen molar-refractivity contribution in [2.24, 2.45) is 7.05 Å². The number of rotatable bonds is 2. The van der Waals surface area contributed by atoms with Gasteiger partial charge in [-0.05, 0) is 33.3 Å². The third-order valence-corrected chi connectivity index (χ3v) is 5.37. The van der Waals surface area contributed by atoms with Crippen molar-refractivity contribution in [3.8, 4) is 11.3 Å². The number of hydrogen-bond donors (Lipinski definition) is 0. The van der Waals surface area contributed by atoms with Gasteiger partial charge in [0.25, 0.3) is 0 Å². The summed E-state index contributed by atoms with van der Waals surface area (Å²) in [6, 6.07) is 7.55. The first-order chi connectivity index (χ1) is 13.2. The number of benzene rings is 1. The van der Waals surface area contributed by atoms with Crippen LogP contribution in [0.15, 0.2) is 24.3 Å². The van der Waals surface area contributed by atoms with Crippen LogP contribution >= 0.6 is 23.2 Å². The minimum absolute atomic E-state index is 0.259. The third kappa shape index (κ3) is 4.73. The van der Waals surface area contributed by atoms with E-state index in [2.05, 4.69) is 10.00 Å². The van der Waals surface area contributed by atoms with Gasteiger partial charge in [-0.25, -0.2) is 4.79 Å². The van der Waals surface area contributed by atoms with E-state index in [0.29, 0.717) is 29.7 Å². The normalized spacial score (nSPS) is 15.5. The molecule has 152 valence electrons. The molecule has 0 aliphatic carbocycles. The molecule has 0 unspecified atom stereocenters. The summed E-state index contributed by atoms with van der Waals surface area (Å²) < 4.78 is 7.35. The molecule has 1 fully saturated rings. The van der Waals surface area contributed by atoms with E-state index in [9.17, 15) is 4.79 Å². The summed E-state index contributed by atoms with van der Waals surface area (Å²) in [6.07, 6.45) is 0.600. The largest absolute Gasteiger partial charge is 0.444 e. The van der Waals surface area contributed by atoms with Gasteiger partial charge in [-0.3, -0.25) is 4.68 Å². The van der Waals surface area contributed by atoms with Crippen LogP contribution in [0, 0.1) is 0 Å². The molecule has 1 aliphatic heterocycles. The summed E-state index contributed by atoms with van der Waals surface area (Å²) >= 11 is 12.5. The van der Waals surface area contributed by atoms with Gasteiger partial charge >= 0.3 is 6.09 Å². The molecule has 1 amide bonds. The molecule has 3 rings (SSSR count). The molecule has 2 aromatic rings. The Morgan fingerprint density at radius 1 is 1.14 bits per heavy atom. The van der Waals surface area contributed by atoms with Crippen molar-refractivity contribution in [1.82, 2.24) is 14.7 Å². The van der Waals surface area contributed by atoms with E-state index in [-0.39, 0.29) is 6.09 Å². The summed E-state index contributed by atoms with van der Waals surface area (Å²) in [5.74, 6) is 0.983. The standard InChI is InChI=1S/C20H26Cl2N4O2/c1-20(2,3)28-19(27)26-10-6-9-25(11-12-26)17-13-16(23-24(17)4)14-7-5-8-15(21)18(14)22/h5,7-8,13H,6,9-12H2,1-4H3. The molecule has 2 heterocycles. The SMILES string of the molecule is Cn1nc(-c2cccc(Cl)c2Cl)cc1N1CCCN(C(=O)OC(C)(C)C)CC1. The van der Waals surface area contributed by atoms with Crippen molar-refractivity contribution in [3.05, 3.63) is 34.3 Å². The Hall–Kier alpha value is -1.92. The van der Waals surface area contributed by atoms with Crippen LogP contribution in [0.1, 0.15) is 27.2 Å². The number of aryl methyl sites for hydroxylation is 1. The highest BCUT2D eigenvalue weighted by Gasteiger charge is 2.25. The first kappa shape index (κ1) is 20.8. The molecule has 0 spiro atoms. The first-order valence-corrected chi connectivity index (χ1v) is 10.1. The molecule has 28 heavy (non-hydrogen) atoms. The molecule has 0 radical (unpaired) electrons. The average molecular weight is 425 g/mol. The van der Waals surface area contributed by atoms with E-state index in [1.165, 1.54) is 0 Å². The van der Waals surface area contributed by atoms with Gasteiger partial charge in [-0.1, -0.05) is 35.3 Å². The Morgan fingerprint density at radius 3 is 2.61 bits per heavy atom. The number of aromatic nitrogens is 2. The first-order valence-electron chi connectivity index (χ1n) is 9.37. The zero-order chi connectivity index (χ0) is 20.5. The third-order valence-electron chi connectivity index (χ3n) is 4.55. The van der Waals surface area contributed by atoms with Crippen LogP contribution < -0.4 is 4.90 Å². The fraction of sp³-hybridized carbons (Fsp3) is 0.500. The molecular weight excluding hydrogens is 399 g/mol. The van der Waals surface area contributed by atoms with Gasteiger partial charge in [-0.2, -0.15) is 5.10 Å². The minimum atomic E-state index is -0.490. The van der Waals surface area contributed by atoms with Crippen LogP contribution in [0.5, 0.6) is 0 Å². The highest BCUT2D eigenvalue weighted by molar-refractivity contribution is 6.43. The van der Waals surface area contributed by atoms with Crippen molar-refractivity contribution in [2.45, 2.75) is 32.8 Å². The molecule has 8 heteroatoms. The zero-order valence-electron chi connectivity index (χ0n) is 16.7. The number of hydrogen-bond acceptors (Lipinski definition) is 4. The summed E-state index contributed by atoms with van der Waals surface area (Å²) in [7, 11) is 1.91. The van der Waals surface area contributed by atoms with Gasteiger partial charge in [0, 0.05) is 44.9 Å². The molecule has 0 bridgehead atoms. The summed E-state index contributed by atoms with van der Waals surface area (Å²) in [5.41, 5.74) is 1.09. The van der Waals surface area contributed by atoms with Crippen LogP contribution in [0.3, 0.4) is 0 Å². The summed E-state index contributed by atoms with van der Waals surface area (Å²) in [6.45, 7) is 8.47. The smallest absolute Gasteiger partial charge is 0.410 e. The molecule has 0 N–H and O–H groups in total. The molecule has 1 aliphatic rings. The van der Waals surface area contributed by atoms with Crippen LogP contribution in [-0.4, -0.2) is 52.6 Å². The predicted molar refractivity (Wildman–Crippen MR) is 113 cm³/mol. The Balaban J connectivity index is 1.75. The van der Waals surface area contributed by atoms with Crippen LogP contribution in [0.25, 0.3) is 11.3 Å². The van der Waals surface area contributed by atoms with Crippen LogP contribution in [-0.2, 0) is 11.8 Å². The Labute approximate surface area is 176 Å². The molecule has 1 aromatic carbocycles. The monoisotopic (exact) mass is 424 g/mol. The second-order valence-electron chi connectivity index (χ2n) is 7.92. The van der Waals surface area contributed by atoms with Crippen molar-refractivity contribution in [2.75, 3.05) is 31.1 Å². The van der Waals surface area contributed by atoms with Gasteiger partial charge in [-0.15, -0.1) is 0 Å². The Morgan fingerprint density at radius 2 is 1.89 bits per heavy atom. The lowest BCUT2D eigenvalue weighted by atomic mass is 10.1. The van der Waals surface area contributed by atoms with Gasteiger partial charge in [0.15, 0.2) is 0 Å². The van der Waals surface area contributed by atoms with Crippen molar-refractivity contribution in [3.63, 3.8) is 0 Å². The maximum absolute atomic E-state index is 12.4. The highest BCUT2D eigenvalue weighted by atomic mass is 35.5. The number of amides is 1. The van der Waals surface area contributed by atoms with Gasteiger partial charge in [0.2, 0.25) is 0 Å². The summed E-state index contributed by atoms with van der Waals surface area (Å²) in [4.78, 5) is 16.4. The molecule has 1 aromatic heterocycles. The number of ether oxygens (including phenoxy) is 1. The van der Waals surface area contributed by atoms with E-state index >= 15 is 0 Å². The maximum atomic E-state index is 12.4. The molecule has 6 nitrogen and oxygen atoms in total. The van der Waals surface area contributed by atoms with Crippen molar-refractivity contribution < 1.29 is 9.53 Å². The topological polar surface area (TPSA) is 50.6 Å². The van der Waals surface area contributed by atoms with Crippen molar-refractivity contribution >= 4 is 35.1 Å². The lowest BCUT2D eigenvalue weighted by Gasteiger charge is -2.26. The second kappa shape index (κ2) is 8.21. The Bertz CT molecular complexity index is 860. The minimum Gasteiger partial charge on any atom is -0.444 e. The molecule has 1 saturated heterocycles. The number of carbonyl (C=O) groups is 1. The number of nitrogens with zero attached hydrogens (tertiary/aromatic N) is 4. The van der Waals surface area contributed by atoms with E-state index in [4.69, 9.17) is 27.9 Å². The molecular formula is C20H26Cl2N4O2. The predicted octanol–water partition coefficient (Wildman–Crippen LogP) is 4.84. The van der Waals surface area contributed by atoms with Crippen molar-refractivity contribution in [1.29, 1.82) is 0 Å². The van der Waals surface area contributed by atoms with Gasteiger partial charge in [0.1, 0.15) is 11.4 Å². The quantitative estimate of drug-likeness (QED) is 0.691. The maximum Gasteiger partial charge on any atom is 0.410 e. The van der Waals surface area contributed by atoms with Gasteiger partial charge < -0.3 is 14.5 Å². The second-order valence-corrected chi connectivity index (χ2v) is 8.71. The molecule has 0 atom stereocenters.